The van der Waals surface area contributed by atoms with Crippen LogP contribution in [0.15, 0.2) is 81.7 Å². The molecule has 3 aromatic carbocycles. The molecule has 0 heterocycles. The third-order valence-electron chi connectivity index (χ3n) is 3.63. The van der Waals surface area contributed by atoms with Gasteiger partial charge in [-0.25, -0.2) is 0 Å². The Labute approximate surface area is 167 Å². The van der Waals surface area contributed by atoms with Gasteiger partial charge in [0.1, 0.15) is 0 Å². The normalized spacial score (nSPS) is 10.2. The van der Waals surface area contributed by atoms with Gasteiger partial charge >= 0.3 is 0 Å². The molecular weight excluding hydrogens is 460 g/mol. The number of rotatable bonds is 4. The van der Waals surface area contributed by atoms with Crippen molar-refractivity contribution in [1.29, 1.82) is 0 Å². The van der Waals surface area contributed by atoms with Gasteiger partial charge in [0.05, 0.1) is 5.56 Å². The Morgan fingerprint density at radius 1 is 0.654 bits per heavy atom. The summed E-state index contributed by atoms with van der Waals surface area (Å²) in [4.78, 5) is 24.6. The van der Waals surface area contributed by atoms with E-state index in [0.717, 1.165) is 8.95 Å². The minimum atomic E-state index is -0.218. The lowest BCUT2D eigenvalue weighted by Gasteiger charge is -2.08. The molecule has 2 N–H and O–H groups in total. The first kappa shape index (κ1) is 18.4. The van der Waals surface area contributed by atoms with E-state index in [2.05, 4.69) is 42.5 Å². The van der Waals surface area contributed by atoms with Crippen LogP contribution < -0.4 is 10.6 Å². The van der Waals surface area contributed by atoms with Gasteiger partial charge in [0, 0.05) is 25.9 Å². The second-order valence-corrected chi connectivity index (χ2v) is 7.24. The summed E-state index contributed by atoms with van der Waals surface area (Å²) in [5.41, 5.74) is 2.38. The highest BCUT2D eigenvalue weighted by Crippen LogP contribution is 2.19. The molecule has 0 aliphatic carbocycles. The summed E-state index contributed by atoms with van der Waals surface area (Å²) in [5.74, 6) is -0.430. The third kappa shape index (κ3) is 4.59. The molecule has 0 atom stereocenters. The Hall–Kier alpha value is -2.44. The van der Waals surface area contributed by atoms with Gasteiger partial charge in [-0.15, -0.1) is 0 Å². The molecule has 0 saturated carbocycles. The van der Waals surface area contributed by atoms with Crippen LogP contribution in [-0.4, -0.2) is 11.8 Å². The molecule has 2 amide bonds. The van der Waals surface area contributed by atoms with Crippen LogP contribution in [0, 0.1) is 0 Å². The first-order valence-corrected chi connectivity index (χ1v) is 9.34. The number of hydrogen-bond donors (Lipinski definition) is 2. The lowest BCUT2D eigenvalue weighted by molar-refractivity contribution is 0.101. The van der Waals surface area contributed by atoms with E-state index >= 15 is 0 Å². The summed E-state index contributed by atoms with van der Waals surface area (Å²) in [5, 5.41) is 5.64. The Bertz CT molecular complexity index is 939. The lowest BCUT2D eigenvalue weighted by atomic mass is 10.1. The molecule has 0 unspecified atom stereocenters. The lowest BCUT2D eigenvalue weighted by Crippen LogP contribution is -2.14. The van der Waals surface area contributed by atoms with E-state index in [4.69, 9.17) is 0 Å². The smallest absolute Gasteiger partial charge is 0.256 e. The molecule has 130 valence electrons. The van der Waals surface area contributed by atoms with Crippen molar-refractivity contribution < 1.29 is 9.59 Å². The van der Waals surface area contributed by atoms with Gasteiger partial charge < -0.3 is 10.6 Å². The standard InChI is InChI=1S/C20H14Br2N2O2/c21-14-7-11-16(12-8-14)23-19(25)13-5-9-15(10-6-13)24-20(26)17-3-1-2-4-18(17)22/h1-12H,(H,23,25)(H,24,26). The Morgan fingerprint density at radius 3 is 1.81 bits per heavy atom. The van der Waals surface area contributed by atoms with Crippen LogP contribution in [0.1, 0.15) is 20.7 Å². The monoisotopic (exact) mass is 472 g/mol. The molecule has 6 heteroatoms. The number of amides is 2. The van der Waals surface area contributed by atoms with Crippen LogP contribution >= 0.6 is 31.9 Å². The molecule has 4 nitrogen and oxygen atoms in total. The fraction of sp³-hybridized carbons (Fsp3) is 0. The first-order chi connectivity index (χ1) is 12.5. The summed E-state index contributed by atoms with van der Waals surface area (Å²) >= 11 is 6.72. The molecule has 0 aliphatic heterocycles. The van der Waals surface area contributed by atoms with Crippen molar-refractivity contribution in [3.8, 4) is 0 Å². The number of hydrogen-bond acceptors (Lipinski definition) is 2. The maximum atomic E-state index is 12.3. The summed E-state index contributed by atoms with van der Waals surface area (Å²) in [6.45, 7) is 0. The van der Waals surface area contributed by atoms with Crippen molar-refractivity contribution >= 4 is 55.0 Å². The summed E-state index contributed by atoms with van der Waals surface area (Å²) in [6.07, 6.45) is 0. The first-order valence-electron chi connectivity index (χ1n) is 7.76. The maximum Gasteiger partial charge on any atom is 0.256 e. The Balaban J connectivity index is 1.66. The second-order valence-electron chi connectivity index (χ2n) is 5.47. The minimum Gasteiger partial charge on any atom is -0.322 e. The Morgan fingerprint density at radius 2 is 1.19 bits per heavy atom. The van der Waals surface area contributed by atoms with Crippen molar-refractivity contribution in [2.45, 2.75) is 0 Å². The molecule has 0 spiro atoms. The maximum absolute atomic E-state index is 12.3. The number of benzene rings is 3. The van der Waals surface area contributed by atoms with Crippen LogP contribution in [0.25, 0.3) is 0 Å². The van der Waals surface area contributed by atoms with Crippen molar-refractivity contribution in [2.75, 3.05) is 10.6 Å². The number of carbonyl (C=O) groups excluding carboxylic acids is 2. The second kappa shape index (κ2) is 8.29. The van der Waals surface area contributed by atoms with Crippen LogP contribution in [0.4, 0.5) is 11.4 Å². The molecule has 0 aromatic heterocycles. The molecule has 0 bridgehead atoms. The molecule has 26 heavy (non-hydrogen) atoms. The van der Waals surface area contributed by atoms with E-state index in [0.29, 0.717) is 22.5 Å². The third-order valence-corrected chi connectivity index (χ3v) is 4.85. The fourth-order valence-corrected chi connectivity index (χ4v) is 3.01. The zero-order chi connectivity index (χ0) is 18.5. The van der Waals surface area contributed by atoms with Crippen molar-refractivity contribution in [3.63, 3.8) is 0 Å². The molecule has 3 aromatic rings. The van der Waals surface area contributed by atoms with E-state index in [-0.39, 0.29) is 11.8 Å². The molecule has 0 aliphatic rings. The number of nitrogens with one attached hydrogen (secondary N) is 2. The van der Waals surface area contributed by atoms with Gasteiger partial charge in [0.15, 0.2) is 0 Å². The van der Waals surface area contributed by atoms with E-state index in [1.165, 1.54) is 0 Å². The predicted molar refractivity (Wildman–Crippen MR) is 111 cm³/mol. The zero-order valence-corrected chi connectivity index (χ0v) is 16.7. The molecule has 0 radical (unpaired) electrons. The van der Waals surface area contributed by atoms with E-state index in [1.807, 2.05) is 36.4 Å². The molecular formula is C20H14Br2N2O2. The van der Waals surface area contributed by atoms with Crippen LogP contribution in [0.5, 0.6) is 0 Å². The average molecular weight is 474 g/mol. The topological polar surface area (TPSA) is 58.2 Å². The van der Waals surface area contributed by atoms with Crippen LogP contribution in [0.2, 0.25) is 0 Å². The molecule has 0 fully saturated rings. The van der Waals surface area contributed by atoms with Gasteiger partial charge in [-0.2, -0.15) is 0 Å². The van der Waals surface area contributed by atoms with E-state index < -0.39 is 0 Å². The zero-order valence-electron chi connectivity index (χ0n) is 13.5. The van der Waals surface area contributed by atoms with Gasteiger partial charge in [-0.3, -0.25) is 9.59 Å². The average Bonchev–Trinajstić information content (AvgIpc) is 2.64. The quantitative estimate of drug-likeness (QED) is 0.509. The van der Waals surface area contributed by atoms with Crippen molar-refractivity contribution in [2.24, 2.45) is 0 Å². The molecule has 3 rings (SSSR count). The summed E-state index contributed by atoms with van der Waals surface area (Å²) < 4.78 is 1.67. The SMILES string of the molecule is O=C(Nc1ccc(Br)cc1)c1ccc(NC(=O)c2ccccc2Br)cc1. The van der Waals surface area contributed by atoms with Gasteiger partial charge in [0.2, 0.25) is 0 Å². The van der Waals surface area contributed by atoms with Gasteiger partial charge in [-0.05, 0) is 76.6 Å². The Kier molecular flexibility index (Phi) is 5.85. The summed E-state index contributed by atoms with van der Waals surface area (Å²) in [6, 6.07) is 21.3. The highest BCUT2D eigenvalue weighted by Gasteiger charge is 2.10. The van der Waals surface area contributed by atoms with Gasteiger partial charge in [0.25, 0.3) is 11.8 Å². The summed E-state index contributed by atoms with van der Waals surface area (Å²) in [7, 11) is 0. The number of halogens is 2. The van der Waals surface area contributed by atoms with Crippen LogP contribution in [-0.2, 0) is 0 Å². The minimum absolute atomic E-state index is 0.212. The van der Waals surface area contributed by atoms with Gasteiger partial charge in [-0.1, -0.05) is 28.1 Å². The predicted octanol–water partition coefficient (Wildman–Crippen LogP) is 5.72. The number of carbonyl (C=O) groups is 2. The van der Waals surface area contributed by atoms with Crippen molar-refractivity contribution in [3.05, 3.63) is 92.9 Å². The molecule has 0 saturated heterocycles. The van der Waals surface area contributed by atoms with Crippen LogP contribution in [0.3, 0.4) is 0 Å². The van der Waals surface area contributed by atoms with Crippen molar-refractivity contribution in [1.82, 2.24) is 0 Å². The fourth-order valence-electron chi connectivity index (χ4n) is 2.29. The number of anilines is 2. The highest BCUT2D eigenvalue weighted by molar-refractivity contribution is 9.10. The van der Waals surface area contributed by atoms with E-state index in [9.17, 15) is 9.59 Å². The van der Waals surface area contributed by atoms with E-state index in [1.54, 1.807) is 36.4 Å². The largest absolute Gasteiger partial charge is 0.322 e. The highest BCUT2D eigenvalue weighted by atomic mass is 79.9.